The van der Waals surface area contributed by atoms with Crippen molar-refractivity contribution >= 4 is 25.6 Å². The minimum atomic E-state index is 0.105. The third-order valence-corrected chi connectivity index (χ3v) is 2.93. The summed E-state index contributed by atoms with van der Waals surface area (Å²) in [6.45, 7) is 8.21. The van der Waals surface area contributed by atoms with Gasteiger partial charge in [-0.05, 0) is 31.3 Å². The number of fused-ring (bicyclic) bond motifs is 1. The number of rotatable bonds is 3. The van der Waals surface area contributed by atoms with Gasteiger partial charge in [0, 0.05) is 5.92 Å². The lowest BCUT2D eigenvalue weighted by Gasteiger charge is -2.15. The highest BCUT2D eigenvalue weighted by Crippen LogP contribution is 2.25. The molecule has 0 fully saturated rings. The van der Waals surface area contributed by atoms with E-state index in [2.05, 4.69) is 33.1 Å². The molecule has 2 rings (SSSR count). The summed E-state index contributed by atoms with van der Waals surface area (Å²) in [5.74, 6) is 0.953. The van der Waals surface area contributed by atoms with Gasteiger partial charge < -0.3 is 4.74 Å². The fourth-order valence-corrected chi connectivity index (χ4v) is 2.01. The lowest BCUT2D eigenvalue weighted by molar-refractivity contribution is 0.228. The molecule has 2 aromatic rings. The fourth-order valence-electron chi connectivity index (χ4n) is 1.75. The minimum absolute atomic E-state index is 0.105. The monoisotopic (exact) mass is 262 g/mol. The van der Waals surface area contributed by atoms with E-state index < -0.39 is 0 Å². The first kappa shape index (κ1) is 13.2. The minimum Gasteiger partial charge on any atom is -0.474 e. The zero-order chi connectivity index (χ0) is 13.3. The molecular formula is C14H19N2OP. The predicted octanol–water partition coefficient (Wildman–Crippen LogP) is 3.04. The van der Waals surface area contributed by atoms with Crippen molar-refractivity contribution < 1.29 is 4.74 Å². The molecule has 0 spiro atoms. The Morgan fingerprint density at radius 3 is 2.39 bits per heavy atom. The average Bonchev–Trinajstić information content (AvgIpc) is 2.26. The van der Waals surface area contributed by atoms with E-state index in [9.17, 15) is 0 Å². The number of hydrogen-bond acceptors (Lipinski definition) is 3. The van der Waals surface area contributed by atoms with Crippen molar-refractivity contribution in [1.29, 1.82) is 0 Å². The molecular weight excluding hydrogens is 243 g/mol. The maximum Gasteiger partial charge on any atom is 0.236 e. The summed E-state index contributed by atoms with van der Waals surface area (Å²) >= 11 is 0. The summed E-state index contributed by atoms with van der Waals surface area (Å²) in [5, 5.41) is 1.10. The average molecular weight is 262 g/mol. The first-order chi connectivity index (χ1) is 8.47. The molecule has 0 bridgehead atoms. The summed E-state index contributed by atoms with van der Waals surface area (Å²) in [6, 6.07) is 6.02. The van der Waals surface area contributed by atoms with Crippen LogP contribution in [-0.4, -0.2) is 16.1 Å². The van der Waals surface area contributed by atoms with Gasteiger partial charge in [0.15, 0.2) is 0 Å². The van der Waals surface area contributed by atoms with Gasteiger partial charge >= 0.3 is 0 Å². The summed E-state index contributed by atoms with van der Waals surface area (Å²) in [4.78, 5) is 9.27. The molecule has 1 heterocycles. The Balaban J connectivity index is 2.61. The zero-order valence-electron chi connectivity index (χ0n) is 11.3. The highest BCUT2D eigenvalue weighted by Gasteiger charge is 2.14. The first-order valence-corrected chi connectivity index (χ1v) is 6.79. The quantitative estimate of drug-likeness (QED) is 0.797. The highest BCUT2D eigenvalue weighted by molar-refractivity contribution is 7.27. The SMILES string of the molecule is CC(C)Oc1nc2cc(P)ccc2nc1C(C)C. The molecule has 0 saturated heterocycles. The molecule has 0 aliphatic rings. The molecule has 0 amide bonds. The molecule has 1 aromatic heterocycles. The number of benzene rings is 1. The van der Waals surface area contributed by atoms with Crippen LogP contribution in [0, 0.1) is 0 Å². The second kappa shape index (κ2) is 5.19. The van der Waals surface area contributed by atoms with E-state index in [0.29, 0.717) is 11.8 Å². The van der Waals surface area contributed by atoms with Crippen LogP contribution in [0.5, 0.6) is 5.88 Å². The van der Waals surface area contributed by atoms with E-state index in [4.69, 9.17) is 4.74 Å². The van der Waals surface area contributed by atoms with Crippen LogP contribution in [0.4, 0.5) is 0 Å². The lowest BCUT2D eigenvalue weighted by Crippen LogP contribution is -2.11. The van der Waals surface area contributed by atoms with Crippen molar-refractivity contribution in [2.45, 2.75) is 39.7 Å². The molecule has 0 aliphatic heterocycles. The van der Waals surface area contributed by atoms with E-state index in [1.54, 1.807) is 0 Å². The number of hydrogen-bond donors (Lipinski definition) is 0. The van der Waals surface area contributed by atoms with Gasteiger partial charge in [-0.15, -0.1) is 9.24 Å². The van der Waals surface area contributed by atoms with Crippen LogP contribution in [0.2, 0.25) is 0 Å². The lowest BCUT2D eigenvalue weighted by atomic mass is 10.1. The summed E-state index contributed by atoms with van der Waals surface area (Å²) in [5.41, 5.74) is 2.72. The van der Waals surface area contributed by atoms with Crippen molar-refractivity contribution in [1.82, 2.24) is 9.97 Å². The van der Waals surface area contributed by atoms with Crippen LogP contribution >= 0.6 is 9.24 Å². The van der Waals surface area contributed by atoms with Crippen molar-refractivity contribution in [2.75, 3.05) is 0 Å². The van der Waals surface area contributed by atoms with E-state index in [0.717, 1.165) is 22.0 Å². The van der Waals surface area contributed by atoms with Crippen molar-refractivity contribution in [3.05, 3.63) is 23.9 Å². The Labute approximate surface area is 110 Å². The van der Waals surface area contributed by atoms with E-state index in [-0.39, 0.29) is 6.10 Å². The third-order valence-electron chi connectivity index (χ3n) is 2.58. The van der Waals surface area contributed by atoms with Gasteiger partial charge in [0.2, 0.25) is 5.88 Å². The van der Waals surface area contributed by atoms with Crippen molar-refractivity contribution in [3.63, 3.8) is 0 Å². The van der Waals surface area contributed by atoms with E-state index >= 15 is 0 Å². The maximum absolute atomic E-state index is 5.77. The van der Waals surface area contributed by atoms with Crippen molar-refractivity contribution in [2.24, 2.45) is 0 Å². The Bertz CT molecular complexity index is 567. The summed E-state index contributed by atoms with van der Waals surface area (Å²) in [6.07, 6.45) is 0.105. The van der Waals surface area contributed by atoms with Gasteiger partial charge in [0.1, 0.15) is 5.69 Å². The molecule has 96 valence electrons. The Kier molecular flexibility index (Phi) is 3.82. The second-order valence-corrected chi connectivity index (χ2v) is 5.65. The zero-order valence-corrected chi connectivity index (χ0v) is 12.4. The Morgan fingerprint density at radius 2 is 1.78 bits per heavy atom. The Morgan fingerprint density at radius 1 is 1.06 bits per heavy atom. The summed E-state index contributed by atoms with van der Waals surface area (Å²) in [7, 11) is 2.67. The maximum atomic E-state index is 5.77. The molecule has 4 heteroatoms. The molecule has 1 aromatic carbocycles. The number of nitrogens with zero attached hydrogens (tertiary/aromatic N) is 2. The number of aromatic nitrogens is 2. The van der Waals surface area contributed by atoms with Gasteiger partial charge in [0.05, 0.1) is 17.1 Å². The molecule has 1 unspecified atom stereocenters. The third kappa shape index (κ3) is 2.78. The van der Waals surface area contributed by atoms with Crippen LogP contribution in [0.25, 0.3) is 11.0 Å². The van der Waals surface area contributed by atoms with Crippen molar-refractivity contribution in [3.8, 4) is 5.88 Å². The highest BCUT2D eigenvalue weighted by atomic mass is 31.0. The molecule has 0 radical (unpaired) electrons. The van der Waals surface area contributed by atoms with Crippen LogP contribution in [0.1, 0.15) is 39.3 Å². The first-order valence-electron chi connectivity index (χ1n) is 6.21. The second-order valence-electron chi connectivity index (χ2n) is 4.98. The molecule has 18 heavy (non-hydrogen) atoms. The standard InChI is InChI=1S/C14H19N2OP/c1-8(2)13-14(17-9(3)4)16-12-7-10(18)5-6-11(12)15-13/h5-9H,18H2,1-4H3. The Hall–Kier alpha value is -1.21. The molecule has 0 N–H and O–H groups in total. The van der Waals surface area contributed by atoms with Gasteiger partial charge in [0.25, 0.3) is 0 Å². The molecule has 1 atom stereocenters. The predicted molar refractivity (Wildman–Crippen MR) is 78.7 cm³/mol. The van der Waals surface area contributed by atoms with Crippen LogP contribution < -0.4 is 10.0 Å². The largest absolute Gasteiger partial charge is 0.474 e. The molecule has 0 aliphatic carbocycles. The van der Waals surface area contributed by atoms with E-state index in [1.165, 1.54) is 0 Å². The van der Waals surface area contributed by atoms with Gasteiger partial charge in [-0.3, -0.25) is 0 Å². The normalized spacial score (nSPS) is 11.5. The van der Waals surface area contributed by atoms with Gasteiger partial charge in [-0.25, -0.2) is 9.97 Å². The van der Waals surface area contributed by atoms with Crippen LogP contribution in [-0.2, 0) is 0 Å². The van der Waals surface area contributed by atoms with Crippen LogP contribution in [0.3, 0.4) is 0 Å². The molecule has 3 nitrogen and oxygen atoms in total. The van der Waals surface area contributed by atoms with Gasteiger partial charge in [-0.1, -0.05) is 19.9 Å². The molecule has 0 saturated carbocycles. The van der Waals surface area contributed by atoms with Crippen LogP contribution in [0.15, 0.2) is 18.2 Å². The number of ether oxygens (including phenoxy) is 1. The fraction of sp³-hybridized carbons (Fsp3) is 0.429. The smallest absolute Gasteiger partial charge is 0.236 e. The topological polar surface area (TPSA) is 35.0 Å². The summed E-state index contributed by atoms with van der Waals surface area (Å²) < 4.78 is 5.77. The van der Waals surface area contributed by atoms with E-state index in [1.807, 2.05) is 32.0 Å². The van der Waals surface area contributed by atoms with Gasteiger partial charge in [-0.2, -0.15) is 0 Å².